The number of rotatable bonds is 4. The molecule has 1 aliphatic heterocycles. The number of carbonyl (C=O) groups is 3. The molecule has 2 N–H and O–H groups in total. The lowest BCUT2D eigenvalue weighted by atomic mass is 10.1. The predicted octanol–water partition coefficient (Wildman–Crippen LogP) is 2.12. The summed E-state index contributed by atoms with van der Waals surface area (Å²) in [5, 5.41) is 14.8. The largest absolute Gasteiger partial charge is 0.497 e. The first kappa shape index (κ1) is 22.9. The van der Waals surface area contributed by atoms with E-state index in [9.17, 15) is 4.79 Å². The van der Waals surface area contributed by atoms with Crippen molar-refractivity contribution in [3.8, 4) is 5.75 Å². The van der Waals surface area contributed by atoms with Crippen molar-refractivity contribution in [1.82, 2.24) is 9.80 Å². The third kappa shape index (κ3) is 6.59. The lowest BCUT2D eigenvalue weighted by Crippen LogP contribution is -2.48. The Morgan fingerprint density at radius 3 is 1.97 bits per heavy atom. The average Bonchev–Trinajstić information content (AvgIpc) is 2.76. The molecule has 160 valence electrons. The SMILES string of the molecule is COc1ccc(C(=O)N2CCN(Cc3ccccc3C)CC2)cc1.O=C(O)C(=O)O. The third-order valence-corrected chi connectivity index (χ3v) is 4.83. The van der Waals surface area contributed by atoms with E-state index in [0.717, 1.165) is 44.0 Å². The molecule has 8 nitrogen and oxygen atoms in total. The number of benzene rings is 2. The summed E-state index contributed by atoms with van der Waals surface area (Å²) >= 11 is 0. The van der Waals surface area contributed by atoms with Crippen molar-refractivity contribution in [2.24, 2.45) is 0 Å². The number of aliphatic carboxylic acids is 2. The summed E-state index contributed by atoms with van der Waals surface area (Å²) in [4.78, 5) is 35.1. The van der Waals surface area contributed by atoms with Crippen molar-refractivity contribution in [2.75, 3.05) is 33.3 Å². The Morgan fingerprint density at radius 1 is 0.900 bits per heavy atom. The zero-order valence-electron chi connectivity index (χ0n) is 17.1. The lowest BCUT2D eigenvalue weighted by molar-refractivity contribution is -0.159. The summed E-state index contributed by atoms with van der Waals surface area (Å²) < 4.78 is 5.14. The van der Waals surface area contributed by atoms with Crippen LogP contribution in [0.25, 0.3) is 0 Å². The molecule has 0 aromatic heterocycles. The molecule has 3 rings (SSSR count). The Bertz CT molecular complexity index is 861. The van der Waals surface area contributed by atoms with Gasteiger partial charge in [-0.1, -0.05) is 24.3 Å². The fourth-order valence-corrected chi connectivity index (χ4v) is 3.05. The molecule has 2 aromatic rings. The molecule has 0 unspecified atom stereocenters. The van der Waals surface area contributed by atoms with Gasteiger partial charge in [0.1, 0.15) is 5.75 Å². The number of hydrogen-bond donors (Lipinski definition) is 2. The van der Waals surface area contributed by atoms with E-state index >= 15 is 0 Å². The number of aryl methyl sites for hydroxylation is 1. The van der Waals surface area contributed by atoms with Gasteiger partial charge in [0, 0.05) is 38.3 Å². The van der Waals surface area contributed by atoms with Gasteiger partial charge in [-0.2, -0.15) is 0 Å². The van der Waals surface area contributed by atoms with E-state index in [1.165, 1.54) is 11.1 Å². The number of methoxy groups -OCH3 is 1. The van der Waals surface area contributed by atoms with Crippen LogP contribution < -0.4 is 4.74 Å². The van der Waals surface area contributed by atoms with Gasteiger partial charge in [-0.05, 0) is 42.3 Å². The summed E-state index contributed by atoms with van der Waals surface area (Å²) in [7, 11) is 1.63. The molecule has 0 saturated carbocycles. The van der Waals surface area contributed by atoms with Gasteiger partial charge in [0.05, 0.1) is 7.11 Å². The molecule has 1 aliphatic rings. The second kappa shape index (κ2) is 11.0. The highest BCUT2D eigenvalue weighted by Crippen LogP contribution is 2.16. The molecule has 0 aliphatic carbocycles. The first-order valence-electron chi connectivity index (χ1n) is 9.48. The zero-order valence-corrected chi connectivity index (χ0v) is 17.1. The van der Waals surface area contributed by atoms with Gasteiger partial charge in [-0.25, -0.2) is 9.59 Å². The molecule has 0 radical (unpaired) electrons. The third-order valence-electron chi connectivity index (χ3n) is 4.83. The van der Waals surface area contributed by atoms with Crippen molar-refractivity contribution >= 4 is 17.8 Å². The van der Waals surface area contributed by atoms with E-state index in [-0.39, 0.29) is 5.91 Å². The highest BCUT2D eigenvalue weighted by molar-refractivity contribution is 6.27. The van der Waals surface area contributed by atoms with Gasteiger partial charge in [0.25, 0.3) is 5.91 Å². The summed E-state index contributed by atoms with van der Waals surface area (Å²) in [6, 6.07) is 15.8. The minimum absolute atomic E-state index is 0.105. The minimum Gasteiger partial charge on any atom is -0.497 e. The van der Waals surface area contributed by atoms with Crippen LogP contribution in [-0.4, -0.2) is 71.1 Å². The van der Waals surface area contributed by atoms with Crippen LogP contribution in [-0.2, 0) is 16.1 Å². The van der Waals surface area contributed by atoms with Crippen LogP contribution >= 0.6 is 0 Å². The quantitative estimate of drug-likeness (QED) is 0.738. The Kier molecular flexibility index (Phi) is 8.37. The Hall–Kier alpha value is -3.39. The minimum atomic E-state index is -1.82. The van der Waals surface area contributed by atoms with E-state index in [1.54, 1.807) is 7.11 Å². The van der Waals surface area contributed by atoms with Gasteiger partial charge in [0.2, 0.25) is 0 Å². The molecule has 1 fully saturated rings. The van der Waals surface area contributed by atoms with Gasteiger partial charge in [0.15, 0.2) is 0 Å². The molecule has 30 heavy (non-hydrogen) atoms. The van der Waals surface area contributed by atoms with Crippen LogP contribution in [0.15, 0.2) is 48.5 Å². The normalized spacial score (nSPS) is 13.7. The van der Waals surface area contributed by atoms with Gasteiger partial charge in [-0.3, -0.25) is 9.69 Å². The fraction of sp³-hybridized carbons (Fsp3) is 0.318. The number of carbonyl (C=O) groups excluding carboxylic acids is 1. The zero-order chi connectivity index (χ0) is 22.1. The Balaban J connectivity index is 0.000000469. The van der Waals surface area contributed by atoms with E-state index in [4.69, 9.17) is 24.5 Å². The molecular weight excluding hydrogens is 388 g/mol. The van der Waals surface area contributed by atoms with E-state index in [2.05, 4.69) is 36.1 Å². The van der Waals surface area contributed by atoms with Crippen molar-refractivity contribution in [1.29, 1.82) is 0 Å². The van der Waals surface area contributed by atoms with Gasteiger partial charge < -0.3 is 19.8 Å². The van der Waals surface area contributed by atoms with Gasteiger partial charge in [-0.15, -0.1) is 0 Å². The van der Waals surface area contributed by atoms with E-state index in [0.29, 0.717) is 0 Å². The first-order valence-corrected chi connectivity index (χ1v) is 9.48. The maximum Gasteiger partial charge on any atom is 0.414 e. The second-order valence-electron chi connectivity index (χ2n) is 6.83. The van der Waals surface area contributed by atoms with Crippen LogP contribution in [0.1, 0.15) is 21.5 Å². The Morgan fingerprint density at radius 2 is 1.47 bits per heavy atom. The average molecular weight is 414 g/mol. The molecular formula is C22H26N2O6. The van der Waals surface area contributed by atoms with Gasteiger partial charge >= 0.3 is 11.9 Å². The van der Waals surface area contributed by atoms with Crippen molar-refractivity contribution in [2.45, 2.75) is 13.5 Å². The predicted molar refractivity (Wildman–Crippen MR) is 111 cm³/mol. The highest BCUT2D eigenvalue weighted by atomic mass is 16.5. The van der Waals surface area contributed by atoms with Crippen molar-refractivity contribution < 1.29 is 29.3 Å². The Labute approximate surface area is 175 Å². The van der Waals surface area contributed by atoms with E-state index in [1.807, 2.05) is 29.2 Å². The number of nitrogens with zero attached hydrogens (tertiary/aromatic N) is 2. The standard InChI is InChI=1S/C20H24N2O2.C2H2O4/c1-16-5-3-4-6-18(16)15-21-11-13-22(14-12-21)20(23)17-7-9-19(24-2)10-8-17;3-1(4)2(5)6/h3-10H,11-15H2,1-2H3;(H,3,4)(H,5,6). The number of carboxylic acid groups (broad SMARTS) is 2. The molecule has 8 heteroatoms. The number of ether oxygens (including phenoxy) is 1. The topological polar surface area (TPSA) is 107 Å². The van der Waals surface area contributed by atoms with Crippen LogP contribution in [0.2, 0.25) is 0 Å². The molecule has 0 atom stereocenters. The molecule has 1 heterocycles. The highest BCUT2D eigenvalue weighted by Gasteiger charge is 2.22. The summed E-state index contributed by atoms with van der Waals surface area (Å²) in [6.07, 6.45) is 0. The maximum atomic E-state index is 12.6. The van der Waals surface area contributed by atoms with Crippen LogP contribution in [0.4, 0.5) is 0 Å². The summed E-state index contributed by atoms with van der Waals surface area (Å²) in [5.41, 5.74) is 3.42. The fourth-order valence-electron chi connectivity index (χ4n) is 3.05. The van der Waals surface area contributed by atoms with Crippen molar-refractivity contribution in [3.05, 3.63) is 65.2 Å². The molecule has 0 bridgehead atoms. The van der Waals surface area contributed by atoms with Crippen molar-refractivity contribution in [3.63, 3.8) is 0 Å². The van der Waals surface area contributed by atoms with Crippen LogP contribution in [0.5, 0.6) is 5.75 Å². The summed E-state index contributed by atoms with van der Waals surface area (Å²) in [6.45, 7) is 6.48. The monoisotopic (exact) mass is 414 g/mol. The lowest BCUT2D eigenvalue weighted by Gasteiger charge is -2.35. The molecule has 1 amide bonds. The second-order valence-corrected chi connectivity index (χ2v) is 6.83. The smallest absolute Gasteiger partial charge is 0.414 e. The van der Waals surface area contributed by atoms with Crippen LogP contribution in [0, 0.1) is 6.92 Å². The maximum absolute atomic E-state index is 12.6. The first-order chi connectivity index (χ1) is 14.3. The number of carboxylic acids is 2. The summed E-state index contributed by atoms with van der Waals surface area (Å²) in [5.74, 6) is -2.77. The molecule has 0 spiro atoms. The van der Waals surface area contributed by atoms with E-state index < -0.39 is 11.9 Å². The number of amides is 1. The number of hydrogen-bond acceptors (Lipinski definition) is 5. The van der Waals surface area contributed by atoms with Crippen LogP contribution in [0.3, 0.4) is 0 Å². The number of piperazine rings is 1. The molecule has 1 saturated heterocycles. The molecule has 2 aromatic carbocycles.